The molecule has 0 fully saturated rings. The van der Waals surface area contributed by atoms with E-state index in [9.17, 15) is 9.59 Å². The third kappa shape index (κ3) is 5.70. The van der Waals surface area contributed by atoms with E-state index in [2.05, 4.69) is 21.2 Å². The molecule has 1 amide bonds. The van der Waals surface area contributed by atoms with Crippen LogP contribution in [0.3, 0.4) is 0 Å². The lowest BCUT2D eigenvalue weighted by Crippen LogP contribution is -2.23. The fourth-order valence-corrected chi connectivity index (χ4v) is 2.14. The molecule has 0 heterocycles. The minimum atomic E-state index is -0.604. The molecule has 0 aliphatic carbocycles. The van der Waals surface area contributed by atoms with Crippen molar-refractivity contribution >= 4 is 33.5 Å². The van der Waals surface area contributed by atoms with Crippen LogP contribution in [-0.2, 0) is 14.3 Å². The molecule has 0 radical (unpaired) electrons. The predicted octanol–water partition coefficient (Wildman–Crippen LogP) is 3.63. The summed E-state index contributed by atoms with van der Waals surface area (Å²) < 4.78 is 11.1. The van der Waals surface area contributed by atoms with Gasteiger partial charge in [0.2, 0.25) is 0 Å². The normalized spacial score (nSPS) is 10.1. The first-order valence-electron chi connectivity index (χ1n) is 7.35. The Bertz CT molecular complexity index is 728. The van der Waals surface area contributed by atoms with E-state index >= 15 is 0 Å². The summed E-state index contributed by atoms with van der Waals surface area (Å²) in [7, 11) is 0. The lowest BCUT2D eigenvalue weighted by Gasteiger charge is -2.09. The van der Waals surface area contributed by atoms with Crippen LogP contribution in [0, 0.1) is 13.8 Å². The highest BCUT2D eigenvalue weighted by atomic mass is 79.9. The number of amides is 1. The van der Waals surface area contributed by atoms with Gasteiger partial charge in [-0.2, -0.15) is 0 Å². The van der Waals surface area contributed by atoms with Crippen LogP contribution in [0.25, 0.3) is 0 Å². The topological polar surface area (TPSA) is 64.6 Å². The predicted molar refractivity (Wildman–Crippen MR) is 95.1 cm³/mol. The first-order valence-corrected chi connectivity index (χ1v) is 8.14. The molecule has 2 aromatic rings. The lowest BCUT2D eigenvalue weighted by atomic mass is 10.1. The molecule has 2 aromatic carbocycles. The fraction of sp³-hybridized carbons (Fsp3) is 0.222. The number of ether oxygens (including phenoxy) is 2. The summed E-state index contributed by atoms with van der Waals surface area (Å²) in [6.07, 6.45) is 0. The summed E-state index contributed by atoms with van der Waals surface area (Å²) in [6.45, 7) is 3.35. The van der Waals surface area contributed by atoms with Crippen molar-refractivity contribution < 1.29 is 19.1 Å². The number of hydrogen-bond donors (Lipinski definition) is 1. The average Bonchev–Trinajstić information content (AvgIpc) is 2.56. The Labute approximate surface area is 149 Å². The van der Waals surface area contributed by atoms with Crippen molar-refractivity contribution in [3.8, 4) is 5.75 Å². The van der Waals surface area contributed by atoms with Gasteiger partial charge in [-0.3, -0.25) is 4.79 Å². The second-order valence-corrected chi connectivity index (χ2v) is 6.17. The van der Waals surface area contributed by atoms with E-state index in [-0.39, 0.29) is 13.2 Å². The quantitative estimate of drug-likeness (QED) is 0.763. The van der Waals surface area contributed by atoms with E-state index in [1.165, 1.54) is 0 Å². The number of carbonyl (C=O) groups is 2. The third-order valence-corrected chi connectivity index (χ3v) is 3.85. The van der Waals surface area contributed by atoms with Crippen molar-refractivity contribution in [2.45, 2.75) is 13.8 Å². The second-order valence-electron chi connectivity index (χ2n) is 5.25. The van der Waals surface area contributed by atoms with Crippen LogP contribution in [0.15, 0.2) is 46.9 Å². The maximum atomic E-state index is 11.8. The standard InChI is InChI=1S/C18H18BrNO4/c1-12-3-6-15(9-13(12)2)20-17(21)10-24-18(22)11-23-16-7-4-14(19)5-8-16/h3-9H,10-11H2,1-2H3,(H,20,21). The van der Waals surface area contributed by atoms with E-state index in [0.717, 1.165) is 15.6 Å². The highest BCUT2D eigenvalue weighted by Gasteiger charge is 2.09. The highest BCUT2D eigenvalue weighted by molar-refractivity contribution is 9.10. The Morgan fingerprint density at radius 1 is 1.00 bits per heavy atom. The van der Waals surface area contributed by atoms with Gasteiger partial charge in [-0.15, -0.1) is 0 Å². The minimum absolute atomic E-state index is 0.251. The number of anilines is 1. The van der Waals surface area contributed by atoms with Gasteiger partial charge in [-0.05, 0) is 61.4 Å². The average molecular weight is 392 g/mol. The number of benzene rings is 2. The molecule has 0 bridgehead atoms. The van der Waals surface area contributed by atoms with Gasteiger partial charge in [0.15, 0.2) is 13.2 Å². The number of esters is 1. The van der Waals surface area contributed by atoms with Crippen LogP contribution in [0.1, 0.15) is 11.1 Å². The summed E-state index contributed by atoms with van der Waals surface area (Å²) in [6, 6.07) is 12.6. The highest BCUT2D eigenvalue weighted by Crippen LogP contribution is 2.16. The lowest BCUT2D eigenvalue weighted by molar-refractivity contribution is -0.149. The molecule has 1 N–H and O–H groups in total. The molecular formula is C18H18BrNO4. The van der Waals surface area contributed by atoms with Crippen molar-refractivity contribution in [2.24, 2.45) is 0 Å². The van der Waals surface area contributed by atoms with Crippen LogP contribution in [0.2, 0.25) is 0 Å². The molecule has 0 atom stereocenters. The van der Waals surface area contributed by atoms with Gasteiger partial charge >= 0.3 is 5.97 Å². The molecule has 0 spiro atoms. The van der Waals surface area contributed by atoms with E-state index in [1.807, 2.05) is 26.0 Å². The van der Waals surface area contributed by atoms with Gasteiger partial charge in [-0.25, -0.2) is 4.79 Å². The van der Waals surface area contributed by atoms with Gasteiger partial charge < -0.3 is 14.8 Å². The molecule has 0 aliphatic rings. The van der Waals surface area contributed by atoms with Gasteiger partial charge in [0.05, 0.1) is 0 Å². The fourth-order valence-electron chi connectivity index (χ4n) is 1.88. The van der Waals surface area contributed by atoms with Crippen LogP contribution < -0.4 is 10.1 Å². The molecule has 24 heavy (non-hydrogen) atoms. The molecule has 0 saturated carbocycles. The van der Waals surface area contributed by atoms with E-state index in [0.29, 0.717) is 11.4 Å². The number of rotatable bonds is 6. The maximum absolute atomic E-state index is 11.8. The Morgan fingerprint density at radius 3 is 2.38 bits per heavy atom. The number of carbonyl (C=O) groups excluding carboxylic acids is 2. The van der Waals surface area contributed by atoms with E-state index in [1.54, 1.807) is 30.3 Å². The Balaban J connectivity index is 1.73. The molecule has 0 aromatic heterocycles. The maximum Gasteiger partial charge on any atom is 0.344 e. The Hall–Kier alpha value is -2.34. The summed E-state index contributed by atoms with van der Waals surface area (Å²) in [5.41, 5.74) is 2.89. The summed E-state index contributed by atoms with van der Waals surface area (Å²) in [4.78, 5) is 23.4. The summed E-state index contributed by atoms with van der Waals surface area (Å²) >= 11 is 3.31. The number of hydrogen-bond acceptors (Lipinski definition) is 4. The smallest absolute Gasteiger partial charge is 0.344 e. The first kappa shape index (κ1) is 18.0. The molecule has 0 unspecified atom stereocenters. The molecule has 126 valence electrons. The molecule has 5 nitrogen and oxygen atoms in total. The number of nitrogens with one attached hydrogen (secondary N) is 1. The van der Waals surface area contributed by atoms with Crippen LogP contribution in [0.5, 0.6) is 5.75 Å². The van der Waals surface area contributed by atoms with Gasteiger partial charge in [-0.1, -0.05) is 22.0 Å². The Kier molecular flexibility index (Phi) is 6.37. The zero-order valence-electron chi connectivity index (χ0n) is 13.5. The number of aryl methyl sites for hydroxylation is 2. The first-order chi connectivity index (χ1) is 11.4. The van der Waals surface area contributed by atoms with Gasteiger partial charge in [0, 0.05) is 10.2 Å². The minimum Gasteiger partial charge on any atom is -0.482 e. The third-order valence-electron chi connectivity index (χ3n) is 3.33. The Morgan fingerprint density at radius 2 is 1.71 bits per heavy atom. The molecule has 2 rings (SSSR count). The van der Waals surface area contributed by atoms with Crippen molar-refractivity contribution in [3.05, 3.63) is 58.1 Å². The van der Waals surface area contributed by atoms with Crippen molar-refractivity contribution in [2.75, 3.05) is 18.5 Å². The van der Waals surface area contributed by atoms with Crippen molar-refractivity contribution in [3.63, 3.8) is 0 Å². The van der Waals surface area contributed by atoms with Gasteiger partial charge in [0.25, 0.3) is 5.91 Å². The molecule has 0 aliphatic heterocycles. The SMILES string of the molecule is Cc1ccc(NC(=O)COC(=O)COc2ccc(Br)cc2)cc1C. The molecule has 6 heteroatoms. The van der Waals surface area contributed by atoms with Crippen molar-refractivity contribution in [1.82, 2.24) is 0 Å². The molecule has 0 saturated heterocycles. The second kappa shape index (κ2) is 8.49. The largest absolute Gasteiger partial charge is 0.482 e. The van der Waals surface area contributed by atoms with Crippen LogP contribution >= 0.6 is 15.9 Å². The number of halogens is 1. The van der Waals surface area contributed by atoms with Crippen molar-refractivity contribution in [1.29, 1.82) is 0 Å². The summed E-state index contributed by atoms with van der Waals surface area (Å²) in [5.74, 6) is -0.446. The zero-order chi connectivity index (χ0) is 17.5. The van der Waals surface area contributed by atoms with Gasteiger partial charge in [0.1, 0.15) is 5.75 Å². The van der Waals surface area contributed by atoms with E-state index < -0.39 is 11.9 Å². The zero-order valence-corrected chi connectivity index (χ0v) is 15.1. The monoisotopic (exact) mass is 391 g/mol. The summed E-state index contributed by atoms with van der Waals surface area (Å²) in [5, 5.41) is 2.68. The molecular weight excluding hydrogens is 374 g/mol. The van der Waals surface area contributed by atoms with Crippen LogP contribution in [0.4, 0.5) is 5.69 Å². The van der Waals surface area contributed by atoms with E-state index in [4.69, 9.17) is 9.47 Å². The van der Waals surface area contributed by atoms with Crippen LogP contribution in [-0.4, -0.2) is 25.1 Å².